The van der Waals surface area contributed by atoms with Crippen LogP contribution in [0, 0.1) is 0 Å². The maximum Gasteiger partial charge on any atom is 0.240 e. The Labute approximate surface area is 192 Å². The smallest absolute Gasteiger partial charge is 0.240 e. The molecule has 8 heteroatoms. The van der Waals surface area contributed by atoms with Gasteiger partial charge in [0, 0.05) is 23.0 Å². The van der Waals surface area contributed by atoms with Gasteiger partial charge in [-0.05, 0) is 79.5 Å². The molecule has 1 saturated heterocycles. The fraction of sp³-hybridized carbons (Fsp3) is 0.292. The van der Waals surface area contributed by atoms with Gasteiger partial charge in [0.15, 0.2) is 5.58 Å². The van der Waals surface area contributed by atoms with Crippen LogP contribution in [-0.2, 0) is 16.4 Å². The fourth-order valence-corrected chi connectivity index (χ4v) is 5.85. The van der Waals surface area contributed by atoms with Gasteiger partial charge >= 0.3 is 0 Å². The topological polar surface area (TPSA) is 75.4 Å². The largest absolute Gasteiger partial charge is 0.356 e. The van der Waals surface area contributed by atoms with E-state index in [0.717, 1.165) is 59.8 Å². The molecule has 0 bridgehead atoms. The number of likely N-dealkylation sites (tertiary alicyclic amines) is 1. The van der Waals surface area contributed by atoms with Gasteiger partial charge in [0.2, 0.25) is 10.0 Å². The summed E-state index contributed by atoms with van der Waals surface area (Å²) < 4.78 is 34.1. The summed E-state index contributed by atoms with van der Waals surface area (Å²) in [5.41, 5.74) is 1.80. The van der Waals surface area contributed by atoms with Crippen LogP contribution in [0.25, 0.3) is 21.7 Å². The average molecular weight is 470 g/mol. The average Bonchev–Trinajstić information content (AvgIpc) is 3.40. The first-order valence-electron chi connectivity index (χ1n) is 10.8. The van der Waals surface area contributed by atoms with Crippen LogP contribution in [0.4, 0.5) is 0 Å². The zero-order valence-corrected chi connectivity index (χ0v) is 19.1. The molecule has 3 aromatic carbocycles. The second-order valence-electron chi connectivity index (χ2n) is 8.29. The third-order valence-electron chi connectivity index (χ3n) is 6.02. The van der Waals surface area contributed by atoms with Crippen LogP contribution in [0.3, 0.4) is 0 Å². The van der Waals surface area contributed by atoms with Gasteiger partial charge in [-0.25, -0.2) is 13.1 Å². The third kappa shape index (κ3) is 4.52. The normalized spacial score (nSPS) is 17.5. The highest BCUT2D eigenvalue weighted by molar-refractivity contribution is 7.89. The second kappa shape index (κ2) is 8.83. The molecule has 166 valence electrons. The molecule has 32 heavy (non-hydrogen) atoms. The number of nitrogens with one attached hydrogen (secondary N) is 1. The highest BCUT2D eigenvalue weighted by Gasteiger charge is 2.27. The summed E-state index contributed by atoms with van der Waals surface area (Å²) in [6.45, 7) is 2.49. The van der Waals surface area contributed by atoms with Crippen molar-refractivity contribution in [2.24, 2.45) is 0 Å². The lowest BCUT2D eigenvalue weighted by atomic mass is 10.1. The summed E-state index contributed by atoms with van der Waals surface area (Å²) in [5.74, 6) is 0. The number of hydrogen-bond donors (Lipinski definition) is 1. The Bertz CT molecular complexity index is 1370. The number of sulfonamides is 1. The van der Waals surface area contributed by atoms with Crippen molar-refractivity contribution in [3.05, 3.63) is 71.4 Å². The van der Waals surface area contributed by atoms with Crippen LogP contribution in [-0.4, -0.2) is 44.2 Å². The van der Waals surface area contributed by atoms with Crippen LogP contribution in [0.2, 0.25) is 5.02 Å². The van der Waals surface area contributed by atoms with E-state index in [2.05, 4.69) is 14.8 Å². The zero-order valence-electron chi connectivity index (χ0n) is 17.5. The Hall–Kier alpha value is -2.45. The Morgan fingerprint density at radius 2 is 1.91 bits per heavy atom. The zero-order chi connectivity index (χ0) is 22.1. The maximum atomic E-state index is 12.9. The van der Waals surface area contributed by atoms with Crippen LogP contribution >= 0.6 is 11.6 Å². The SMILES string of the molecule is O=S(=O)(N[C@H]1CCN(CCCc2noc3ccccc23)C1)c1ccc2cc(Cl)ccc2c1. The highest BCUT2D eigenvalue weighted by Crippen LogP contribution is 2.24. The van der Waals surface area contributed by atoms with Crippen molar-refractivity contribution in [2.75, 3.05) is 19.6 Å². The first-order chi connectivity index (χ1) is 15.5. The van der Waals surface area contributed by atoms with Gasteiger partial charge in [-0.15, -0.1) is 0 Å². The van der Waals surface area contributed by atoms with E-state index in [9.17, 15) is 8.42 Å². The van der Waals surface area contributed by atoms with Crippen LogP contribution in [0.1, 0.15) is 18.5 Å². The molecule has 1 atom stereocenters. The second-order valence-corrected chi connectivity index (χ2v) is 10.4. The predicted octanol–water partition coefficient (Wildman–Crippen LogP) is 4.62. The van der Waals surface area contributed by atoms with Gasteiger partial charge in [-0.3, -0.25) is 0 Å². The van der Waals surface area contributed by atoms with Crippen LogP contribution < -0.4 is 4.72 Å². The molecule has 0 aliphatic carbocycles. The summed E-state index contributed by atoms with van der Waals surface area (Å²) in [7, 11) is -3.58. The van der Waals surface area contributed by atoms with Gasteiger partial charge in [0.25, 0.3) is 0 Å². The van der Waals surface area contributed by atoms with Gasteiger partial charge in [0.1, 0.15) is 0 Å². The molecule has 1 aliphatic heterocycles. The molecule has 0 spiro atoms. The van der Waals surface area contributed by atoms with Crippen molar-refractivity contribution >= 4 is 43.4 Å². The summed E-state index contributed by atoms with van der Waals surface area (Å²) in [4.78, 5) is 2.58. The van der Waals surface area contributed by atoms with Crippen LogP contribution in [0.5, 0.6) is 0 Å². The van der Waals surface area contributed by atoms with E-state index in [0.29, 0.717) is 11.6 Å². The minimum absolute atomic E-state index is 0.0891. The maximum absolute atomic E-state index is 12.9. The van der Waals surface area contributed by atoms with Crippen molar-refractivity contribution in [2.45, 2.75) is 30.2 Å². The molecule has 1 fully saturated rings. The van der Waals surface area contributed by atoms with E-state index >= 15 is 0 Å². The molecule has 0 unspecified atom stereocenters. The summed E-state index contributed by atoms with van der Waals surface area (Å²) in [6, 6.07) is 18.4. The molecule has 2 heterocycles. The molecule has 0 saturated carbocycles. The first-order valence-corrected chi connectivity index (χ1v) is 12.6. The van der Waals surface area contributed by atoms with Gasteiger partial charge in [0.05, 0.1) is 10.6 Å². The van der Waals surface area contributed by atoms with Gasteiger partial charge in [-0.1, -0.05) is 41.0 Å². The van der Waals surface area contributed by atoms with Crippen molar-refractivity contribution in [3.63, 3.8) is 0 Å². The molecule has 5 rings (SSSR count). The van der Waals surface area contributed by atoms with E-state index in [-0.39, 0.29) is 10.9 Å². The third-order valence-corrected chi connectivity index (χ3v) is 7.77. The highest BCUT2D eigenvalue weighted by atomic mass is 35.5. The lowest BCUT2D eigenvalue weighted by molar-refractivity contribution is 0.326. The molecule has 1 N–H and O–H groups in total. The van der Waals surface area contributed by atoms with E-state index in [4.69, 9.17) is 16.1 Å². The standard InChI is InChI=1S/C24H24ClN3O3S/c25-19-9-7-18-15-21(10-8-17(18)14-19)32(29,30)27-20-11-13-28(16-20)12-3-5-23-22-4-1-2-6-24(22)31-26-23/h1-2,4,6-10,14-15,20,27H,3,5,11-13,16H2/t20-/m0/s1. The Morgan fingerprint density at radius 3 is 2.81 bits per heavy atom. The molecule has 6 nitrogen and oxygen atoms in total. The number of aryl methyl sites for hydroxylation is 1. The molecular weight excluding hydrogens is 446 g/mol. The Balaban J connectivity index is 1.17. The van der Waals surface area contributed by atoms with Crippen molar-refractivity contribution in [3.8, 4) is 0 Å². The first kappa shape index (κ1) is 21.4. The van der Waals surface area contributed by atoms with Gasteiger partial charge in [-0.2, -0.15) is 0 Å². The molecular formula is C24H24ClN3O3S. The van der Waals surface area contributed by atoms with E-state index in [1.165, 1.54) is 0 Å². The van der Waals surface area contributed by atoms with E-state index in [1.54, 1.807) is 24.3 Å². The number of rotatable bonds is 7. The number of nitrogens with zero attached hydrogens (tertiary/aromatic N) is 2. The van der Waals surface area contributed by atoms with Crippen LogP contribution in [0.15, 0.2) is 70.1 Å². The van der Waals surface area contributed by atoms with Gasteiger partial charge < -0.3 is 9.42 Å². The minimum Gasteiger partial charge on any atom is -0.356 e. The lowest BCUT2D eigenvalue weighted by Crippen LogP contribution is -2.37. The van der Waals surface area contributed by atoms with E-state index in [1.807, 2.05) is 36.4 Å². The fourth-order valence-electron chi connectivity index (χ4n) is 4.37. The minimum atomic E-state index is -3.58. The predicted molar refractivity (Wildman–Crippen MR) is 126 cm³/mol. The quantitative estimate of drug-likeness (QED) is 0.427. The number of fused-ring (bicyclic) bond motifs is 2. The molecule has 1 aromatic heterocycles. The van der Waals surface area contributed by atoms with Crippen molar-refractivity contribution in [1.82, 2.24) is 14.8 Å². The Morgan fingerprint density at radius 1 is 1.09 bits per heavy atom. The lowest BCUT2D eigenvalue weighted by Gasteiger charge is -2.16. The van der Waals surface area contributed by atoms with E-state index < -0.39 is 10.0 Å². The number of halogens is 1. The monoisotopic (exact) mass is 469 g/mol. The number of aromatic nitrogens is 1. The summed E-state index contributed by atoms with van der Waals surface area (Å²) in [5, 5.41) is 7.66. The van der Waals surface area contributed by atoms with Crippen molar-refractivity contribution in [1.29, 1.82) is 0 Å². The molecule has 1 aliphatic rings. The molecule has 0 radical (unpaired) electrons. The number of para-hydroxylation sites is 1. The van der Waals surface area contributed by atoms with Crippen molar-refractivity contribution < 1.29 is 12.9 Å². The number of benzene rings is 3. The number of hydrogen-bond acceptors (Lipinski definition) is 5. The Kier molecular flexibility index (Phi) is 5.90. The summed E-state index contributed by atoms with van der Waals surface area (Å²) in [6.07, 6.45) is 2.59. The molecule has 0 amide bonds. The molecule has 4 aromatic rings. The summed E-state index contributed by atoms with van der Waals surface area (Å²) >= 11 is 6.02.